The largest absolute Gasteiger partial charge is 0.383 e. The third-order valence-corrected chi connectivity index (χ3v) is 3.85. The van der Waals surface area contributed by atoms with Crippen LogP contribution in [0.1, 0.15) is 16.3 Å². The second-order valence-electron chi connectivity index (χ2n) is 4.58. The number of carbonyl (C=O) groups excluding carboxylic acids is 1. The normalized spacial score (nSPS) is 11.2. The second-order valence-corrected chi connectivity index (χ2v) is 5.80. The maximum absolute atomic E-state index is 11.5. The fourth-order valence-electron chi connectivity index (χ4n) is 1.97. The van der Waals surface area contributed by atoms with Crippen molar-refractivity contribution in [1.29, 1.82) is 0 Å². The Morgan fingerprint density at radius 1 is 1.50 bits per heavy atom. The number of aryl methyl sites for hydroxylation is 2. The molecular weight excluding hydrogens is 276 g/mol. The van der Waals surface area contributed by atoms with E-state index in [0.717, 1.165) is 16.3 Å². The van der Waals surface area contributed by atoms with Gasteiger partial charge in [-0.3, -0.25) is 9.20 Å². The van der Waals surface area contributed by atoms with Crippen LogP contribution < -0.4 is 10.6 Å². The summed E-state index contributed by atoms with van der Waals surface area (Å²) in [5.41, 5.74) is 2.11. The Hall–Kier alpha value is -1.44. The molecule has 0 atom stereocenters. The molecule has 110 valence electrons. The average molecular weight is 296 g/mol. The van der Waals surface area contributed by atoms with Crippen LogP contribution in [0.25, 0.3) is 4.96 Å². The number of fused-ring (bicyclic) bond motifs is 1. The summed E-state index contributed by atoms with van der Waals surface area (Å²) in [5.74, 6) is -0.0260. The van der Waals surface area contributed by atoms with Crippen molar-refractivity contribution in [2.24, 2.45) is 0 Å². The Balaban J connectivity index is 1.86. The van der Waals surface area contributed by atoms with Crippen LogP contribution in [-0.4, -0.2) is 42.1 Å². The van der Waals surface area contributed by atoms with Gasteiger partial charge < -0.3 is 15.4 Å². The minimum atomic E-state index is -0.0260. The van der Waals surface area contributed by atoms with E-state index in [1.54, 1.807) is 18.4 Å². The number of aromatic nitrogens is 2. The molecule has 0 unspecified atom stereocenters. The molecule has 2 rings (SSSR count). The van der Waals surface area contributed by atoms with Crippen LogP contribution in [0, 0.1) is 13.8 Å². The minimum absolute atomic E-state index is 0.0260. The summed E-state index contributed by atoms with van der Waals surface area (Å²) in [6, 6.07) is 0. The zero-order valence-electron chi connectivity index (χ0n) is 12.0. The van der Waals surface area contributed by atoms with Gasteiger partial charge in [0.15, 0.2) is 4.96 Å². The number of rotatable bonds is 7. The molecule has 6 nitrogen and oxygen atoms in total. The molecule has 2 aromatic rings. The number of methoxy groups -OCH3 is 1. The molecule has 0 aliphatic heterocycles. The number of carbonyl (C=O) groups is 1. The van der Waals surface area contributed by atoms with Crippen LogP contribution in [0.5, 0.6) is 0 Å². The Labute approximate surface area is 122 Å². The molecule has 0 bridgehead atoms. The van der Waals surface area contributed by atoms with Crippen molar-refractivity contribution < 1.29 is 9.53 Å². The maximum atomic E-state index is 11.5. The highest BCUT2D eigenvalue weighted by Crippen LogP contribution is 2.20. The van der Waals surface area contributed by atoms with E-state index in [1.807, 2.05) is 6.92 Å². The topological polar surface area (TPSA) is 67.7 Å². The van der Waals surface area contributed by atoms with Gasteiger partial charge >= 0.3 is 0 Å². The fraction of sp³-hybridized carbons (Fsp3) is 0.538. The predicted molar refractivity (Wildman–Crippen MR) is 79.1 cm³/mol. The van der Waals surface area contributed by atoms with Gasteiger partial charge in [-0.2, -0.15) is 0 Å². The standard InChI is InChI=1S/C13H20N4O2S/c1-9-8-17-11(10(2)16-13(17)20-9)6-14-7-12(18)15-4-5-19-3/h8,14H,4-7H2,1-3H3,(H,15,18). The summed E-state index contributed by atoms with van der Waals surface area (Å²) in [7, 11) is 1.61. The summed E-state index contributed by atoms with van der Waals surface area (Å²) in [6.07, 6.45) is 2.08. The van der Waals surface area contributed by atoms with Gasteiger partial charge in [-0.15, -0.1) is 11.3 Å². The van der Waals surface area contributed by atoms with Crippen LogP contribution >= 0.6 is 11.3 Å². The highest BCUT2D eigenvalue weighted by molar-refractivity contribution is 7.17. The van der Waals surface area contributed by atoms with E-state index in [4.69, 9.17) is 4.74 Å². The number of nitrogens with one attached hydrogen (secondary N) is 2. The van der Waals surface area contributed by atoms with E-state index >= 15 is 0 Å². The maximum Gasteiger partial charge on any atom is 0.234 e. The van der Waals surface area contributed by atoms with E-state index in [9.17, 15) is 4.79 Å². The summed E-state index contributed by atoms with van der Waals surface area (Å²) in [5, 5.41) is 5.92. The molecule has 0 fully saturated rings. The lowest BCUT2D eigenvalue weighted by Crippen LogP contribution is -2.35. The molecule has 0 radical (unpaired) electrons. The van der Waals surface area contributed by atoms with Gasteiger partial charge in [-0.05, 0) is 13.8 Å². The van der Waals surface area contributed by atoms with Crippen molar-refractivity contribution in [2.75, 3.05) is 26.8 Å². The number of nitrogens with zero attached hydrogens (tertiary/aromatic N) is 2. The number of hydrogen-bond donors (Lipinski definition) is 2. The van der Waals surface area contributed by atoms with Crippen LogP contribution in [0.3, 0.4) is 0 Å². The summed E-state index contributed by atoms with van der Waals surface area (Å²) >= 11 is 1.67. The van der Waals surface area contributed by atoms with Gasteiger partial charge in [0.25, 0.3) is 0 Å². The highest BCUT2D eigenvalue weighted by atomic mass is 32.1. The Kier molecular flexibility index (Phi) is 5.11. The van der Waals surface area contributed by atoms with Crippen LogP contribution in [0.2, 0.25) is 0 Å². The zero-order chi connectivity index (χ0) is 14.5. The minimum Gasteiger partial charge on any atom is -0.383 e. The van der Waals surface area contributed by atoms with Crippen LogP contribution in [0.4, 0.5) is 0 Å². The van der Waals surface area contributed by atoms with Crippen LogP contribution in [0.15, 0.2) is 6.20 Å². The molecule has 2 N–H and O–H groups in total. The van der Waals surface area contributed by atoms with Crippen molar-refractivity contribution in [3.63, 3.8) is 0 Å². The van der Waals surface area contributed by atoms with E-state index in [0.29, 0.717) is 26.2 Å². The first-order valence-electron chi connectivity index (χ1n) is 6.52. The van der Waals surface area contributed by atoms with Gasteiger partial charge in [0.05, 0.1) is 24.5 Å². The zero-order valence-corrected chi connectivity index (χ0v) is 12.8. The molecule has 0 saturated heterocycles. The lowest BCUT2D eigenvalue weighted by atomic mass is 10.3. The number of hydrogen-bond acceptors (Lipinski definition) is 5. The van der Waals surface area contributed by atoms with Gasteiger partial charge in [-0.1, -0.05) is 0 Å². The van der Waals surface area contributed by atoms with E-state index in [2.05, 4.69) is 33.1 Å². The van der Waals surface area contributed by atoms with E-state index in [-0.39, 0.29) is 5.91 Å². The van der Waals surface area contributed by atoms with Gasteiger partial charge in [0, 0.05) is 31.3 Å². The molecule has 20 heavy (non-hydrogen) atoms. The lowest BCUT2D eigenvalue weighted by molar-refractivity contribution is -0.120. The molecule has 0 aromatic carbocycles. The SMILES string of the molecule is COCCNC(=O)CNCc1c(C)nc2sc(C)cn12. The predicted octanol–water partition coefficient (Wildman–Crippen LogP) is 0.865. The molecule has 1 amide bonds. The smallest absolute Gasteiger partial charge is 0.234 e. The van der Waals surface area contributed by atoms with Crippen LogP contribution in [-0.2, 0) is 16.1 Å². The van der Waals surface area contributed by atoms with Crippen molar-refractivity contribution in [3.8, 4) is 0 Å². The number of thiazole rings is 1. The number of ether oxygens (including phenoxy) is 1. The third-order valence-electron chi connectivity index (χ3n) is 2.95. The first-order chi connectivity index (χ1) is 9.61. The lowest BCUT2D eigenvalue weighted by Gasteiger charge is -2.06. The molecule has 0 aliphatic carbocycles. The first kappa shape index (κ1) is 15.0. The Bertz CT molecular complexity index is 590. The number of amides is 1. The molecule has 2 aromatic heterocycles. The summed E-state index contributed by atoms with van der Waals surface area (Å²) < 4.78 is 6.96. The summed E-state index contributed by atoms with van der Waals surface area (Å²) in [6.45, 7) is 6.04. The monoisotopic (exact) mass is 296 g/mol. The summed E-state index contributed by atoms with van der Waals surface area (Å²) in [4.78, 5) is 18.3. The van der Waals surface area contributed by atoms with E-state index < -0.39 is 0 Å². The fourth-order valence-corrected chi connectivity index (χ4v) is 2.86. The number of imidazole rings is 1. The molecule has 2 heterocycles. The molecule has 0 saturated carbocycles. The van der Waals surface area contributed by atoms with Crippen molar-refractivity contribution in [1.82, 2.24) is 20.0 Å². The van der Waals surface area contributed by atoms with Gasteiger partial charge in [0.1, 0.15) is 0 Å². The average Bonchev–Trinajstić information content (AvgIpc) is 2.87. The first-order valence-corrected chi connectivity index (χ1v) is 7.33. The Morgan fingerprint density at radius 2 is 2.30 bits per heavy atom. The Morgan fingerprint density at radius 3 is 3.05 bits per heavy atom. The van der Waals surface area contributed by atoms with Crippen molar-refractivity contribution in [3.05, 3.63) is 22.5 Å². The molecule has 0 spiro atoms. The molecule has 0 aliphatic rings. The quantitative estimate of drug-likeness (QED) is 0.744. The van der Waals surface area contributed by atoms with Crippen molar-refractivity contribution in [2.45, 2.75) is 20.4 Å². The molecular formula is C13H20N4O2S. The van der Waals surface area contributed by atoms with Gasteiger partial charge in [0.2, 0.25) is 5.91 Å². The molecule has 7 heteroatoms. The second kappa shape index (κ2) is 6.83. The van der Waals surface area contributed by atoms with Crippen molar-refractivity contribution >= 4 is 22.2 Å². The van der Waals surface area contributed by atoms with E-state index in [1.165, 1.54) is 4.88 Å². The highest BCUT2D eigenvalue weighted by Gasteiger charge is 2.11. The van der Waals surface area contributed by atoms with Gasteiger partial charge in [-0.25, -0.2) is 4.98 Å². The third kappa shape index (κ3) is 3.56.